The lowest BCUT2D eigenvalue weighted by atomic mass is 10.1. The zero-order valence-corrected chi connectivity index (χ0v) is 20.5. The normalized spacial score (nSPS) is 10.7. The average molecular weight is 455 g/mol. The summed E-state index contributed by atoms with van der Waals surface area (Å²) in [5.41, 5.74) is 10.6. The van der Waals surface area contributed by atoms with Crippen molar-refractivity contribution in [1.29, 1.82) is 0 Å². The standard InChI is InChI=1S/C33H30N2/c1-25-14-18-30(19-15-25)34(28-10-6-4-7-11-28)32-22-23-33(27(3)24-32)35(29-12-8-5-9-13-29)31-20-16-26(2)17-21-31/h4-24H,1-3H3. The molecule has 2 nitrogen and oxygen atoms in total. The Bertz CT molecular complexity index is 1390. The van der Waals surface area contributed by atoms with Crippen LogP contribution in [0.4, 0.5) is 34.1 Å². The molecule has 0 atom stereocenters. The number of hydrogen-bond acceptors (Lipinski definition) is 2. The van der Waals surface area contributed by atoms with Gasteiger partial charge < -0.3 is 9.80 Å². The second kappa shape index (κ2) is 9.90. The Labute approximate surface area is 208 Å². The number of anilines is 6. The van der Waals surface area contributed by atoms with Gasteiger partial charge in [-0.1, -0.05) is 71.8 Å². The third-order valence-corrected chi connectivity index (χ3v) is 6.29. The number of benzene rings is 5. The summed E-state index contributed by atoms with van der Waals surface area (Å²) in [5.74, 6) is 0. The van der Waals surface area contributed by atoms with E-state index in [1.807, 2.05) is 0 Å². The molecule has 0 fully saturated rings. The fourth-order valence-electron chi connectivity index (χ4n) is 4.45. The van der Waals surface area contributed by atoms with Crippen molar-refractivity contribution in [3.8, 4) is 0 Å². The average Bonchev–Trinajstić information content (AvgIpc) is 2.89. The Morgan fingerprint density at radius 1 is 0.371 bits per heavy atom. The van der Waals surface area contributed by atoms with Crippen LogP contribution >= 0.6 is 0 Å². The summed E-state index contributed by atoms with van der Waals surface area (Å²) in [6, 6.07) is 45.3. The summed E-state index contributed by atoms with van der Waals surface area (Å²) in [4.78, 5) is 4.65. The van der Waals surface area contributed by atoms with Crippen molar-refractivity contribution in [2.75, 3.05) is 9.80 Å². The second-order valence-electron chi connectivity index (χ2n) is 8.98. The molecule has 0 aliphatic rings. The zero-order valence-electron chi connectivity index (χ0n) is 20.5. The van der Waals surface area contributed by atoms with Crippen LogP contribution in [0.25, 0.3) is 0 Å². The van der Waals surface area contributed by atoms with Gasteiger partial charge in [0.15, 0.2) is 0 Å². The van der Waals surface area contributed by atoms with Crippen molar-refractivity contribution in [2.24, 2.45) is 0 Å². The summed E-state index contributed by atoms with van der Waals surface area (Å²) < 4.78 is 0. The van der Waals surface area contributed by atoms with E-state index in [2.05, 4.69) is 158 Å². The summed E-state index contributed by atoms with van der Waals surface area (Å²) in [6.45, 7) is 6.44. The topological polar surface area (TPSA) is 6.48 Å². The van der Waals surface area contributed by atoms with Crippen LogP contribution in [-0.4, -0.2) is 0 Å². The van der Waals surface area contributed by atoms with E-state index >= 15 is 0 Å². The van der Waals surface area contributed by atoms with Gasteiger partial charge in [0, 0.05) is 34.1 Å². The van der Waals surface area contributed by atoms with Crippen LogP contribution in [0.5, 0.6) is 0 Å². The number of aryl methyl sites for hydroxylation is 3. The highest BCUT2D eigenvalue weighted by Gasteiger charge is 2.17. The van der Waals surface area contributed by atoms with E-state index in [4.69, 9.17) is 0 Å². The fourth-order valence-corrected chi connectivity index (χ4v) is 4.45. The molecule has 172 valence electrons. The molecule has 0 N–H and O–H groups in total. The molecule has 0 saturated heterocycles. The van der Waals surface area contributed by atoms with Crippen LogP contribution in [0.2, 0.25) is 0 Å². The molecule has 5 aromatic carbocycles. The van der Waals surface area contributed by atoms with Gasteiger partial charge in [0.05, 0.1) is 0 Å². The Balaban J connectivity index is 1.62. The Morgan fingerprint density at radius 3 is 1.26 bits per heavy atom. The van der Waals surface area contributed by atoms with Gasteiger partial charge in [-0.15, -0.1) is 0 Å². The van der Waals surface area contributed by atoms with E-state index in [9.17, 15) is 0 Å². The zero-order chi connectivity index (χ0) is 24.2. The number of hydrogen-bond donors (Lipinski definition) is 0. The summed E-state index contributed by atoms with van der Waals surface area (Å²) in [6.07, 6.45) is 0. The molecule has 0 radical (unpaired) electrons. The largest absolute Gasteiger partial charge is 0.310 e. The van der Waals surface area contributed by atoms with E-state index in [-0.39, 0.29) is 0 Å². The number of rotatable bonds is 6. The Morgan fingerprint density at radius 2 is 0.771 bits per heavy atom. The smallest absolute Gasteiger partial charge is 0.0492 e. The highest BCUT2D eigenvalue weighted by Crippen LogP contribution is 2.40. The van der Waals surface area contributed by atoms with Gasteiger partial charge in [0.1, 0.15) is 0 Å². The van der Waals surface area contributed by atoms with Crippen molar-refractivity contribution in [3.05, 3.63) is 144 Å². The molecule has 0 aliphatic carbocycles. The van der Waals surface area contributed by atoms with Crippen LogP contribution in [0.3, 0.4) is 0 Å². The van der Waals surface area contributed by atoms with Crippen molar-refractivity contribution >= 4 is 34.1 Å². The maximum absolute atomic E-state index is 2.33. The van der Waals surface area contributed by atoms with Crippen molar-refractivity contribution in [1.82, 2.24) is 0 Å². The molecule has 0 saturated carbocycles. The number of para-hydroxylation sites is 2. The first-order valence-electron chi connectivity index (χ1n) is 12.0. The third-order valence-electron chi connectivity index (χ3n) is 6.29. The Kier molecular flexibility index (Phi) is 6.36. The number of nitrogens with zero attached hydrogens (tertiary/aromatic N) is 2. The minimum atomic E-state index is 1.14. The summed E-state index contributed by atoms with van der Waals surface area (Å²) in [7, 11) is 0. The van der Waals surface area contributed by atoms with E-state index < -0.39 is 0 Å². The first-order chi connectivity index (χ1) is 17.1. The predicted molar refractivity (Wildman–Crippen MR) is 150 cm³/mol. The summed E-state index contributed by atoms with van der Waals surface area (Å²) >= 11 is 0. The monoisotopic (exact) mass is 454 g/mol. The van der Waals surface area contributed by atoms with Gasteiger partial charge in [-0.05, 0) is 93.1 Å². The molecular weight excluding hydrogens is 424 g/mol. The maximum atomic E-state index is 2.33. The highest BCUT2D eigenvalue weighted by molar-refractivity contribution is 5.82. The molecule has 0 aliphatic heterocycles. The molecule has 0 bridgehead atoms. The second-order valence-corrected chi connectivity index (χ2v) is 8.98. The van der Waals surface area contributed by atoms with Crippen LogP contribution in [0.15, 0.2) is 127 Å². The lowest BCUT2D eigenvalue weighted by Gasteiger charge is -2.30. The molecule has 0 aromatic heterocycles. The minimum absolute atomic E-state index is 1.14. The van der Waals surface area contributed by atoms with E-state index in [0.717, 1.165) is 28.4 Å². The van der Waals surface area contributed by atoms with Crippen LogP contribution < -0.4 is 9.80 Å². The molecule has 0 unspecified atom stereocenters. The molecule has 2 heteroatoms. The third kappa shape index (κ3) is 4.83. The molecule has 5 aromatic rings. The first-order valence-corrected chi connectivity index (χ1v) is 12.0. The minimum Gasteiger partial charge on any atom is -0.310 e. The lowest BCUT2D eigenvalue weighted by Crippen LogP contribution is -2.13. The molecule has 5 rings (SSSR count). The van der Waals surface area contributed by atoms with Crippen LogP contribution in [0.1, 0.15) is 16.7 Å². The quantitative estimate of drug-likeness (QED) is 0.252. The van der Waals surface area contributed by atoms with Crippen molar-refractivity contribution < 1.29 is 0 Å². The first kappa shape index (κ1) is 22.5. The molecule has 0 spiro atoms. The molecule has 0 heterocycles. The van der Waals surface area contributed by atoms with Gasteiger partial charge in [0.25, 0.3) is 0 Å². The van der Waals surface area contributed by atoms with Crippen molar-refractivity contribution in [2.45, 2.75) is 20.8 Å². The van der Waals surface area contributed by atoms with E-state index in [0.29, 0.717) is 0 Å². The predicted octanol–water partition coefficient (Wildman–Crippen LogP) is 9.55. The summed E-state index contributed by atoms with van der Waals surface area (Å²) in [5, 5.41) is 0. The van der Waals surface area contributed by atoms with Gasteiger partial charge >= 0.3 is 0 Å². The van der Waals surface area contributed by atoms with Gasteiger partial charge in [0.2, 0.25) is 0 Å². The Hall–Kier alpha value is -4.30. The lowest BCUT2D eigenvalue weighted by molar-refractivity contribution is 1.22. The van der Waals surface area contributed by atoms with Crippen LogP contribution in [0, 0.1) is 20.8 Å². The van der Waals surface area contributed by atoms with Gasteiger partial charge in [-0.25, -0.2) is 0 Å². The SMILES string of the molecule is Cc1ccc(N(c2ccccc2)c2ccc(N(c3ccccc3)c3ccc(C)cc3)c(C)c2)cc1. The molecular formula is C33H30N2. The van der Waals surface area contributed by atoms with Gasteiger partial charge in [-0.2, -0.15) is 0 Å². The van der Waals surface area contributed by atoms with E-state index in [1.165, 1.54) is 22.4 Å². The van der Waals surface area contributed by atoms with Gasteiger partial charge in [-0.3, -0.25) is 0 Å². The highest BCUT2D eigenvalue weighted by atomic mass is 15.2. The van der Waals surface area contributed by atoms with E-state index in [1.54, 1.807) is 0 Å². The molecule has 0 amide bonds. The molecule has 35 heavy (non-hydrogen) atoms. The van der Waals surface area contributed by atoms with Crippen molar-refractivity contribution in [3.63, 3.8) is 0 Å². The fraction of sp³-hybridized carbons (Fsp3) is 0.0909. The maximum Gasteiger partial charge on any atom is 0.0492 e. The van der Waals surface area contributed by atoms with Crippen LogP contribution in [-0.2, 0) is 0 Å².